The van der Waals surface area contributed by atoms with Crippen molar-refractivity contribution in [3.8, 4) is 23.2 Å². The fraction of sp³-hybridized carbons (Fsp3) is 0.286. The van der Waals surface area contributed by atoms with E-state index in [-0.39, 0.29) is 0 Å². The molecule has 0 saturated heterocycles. The van der Waals surface area contributed by atoms with Crippen LogP contribution in [0.15, 0.2) is 24.4 Å². The molecule has 4 heteroatoms. The molecule has 0 amide bonds. The second kappa shape index (κ2) is 4.92. The van der Waals surface area contributed by atoms with E-state index in [1.165, 1.54) is 0 Å². The van der Waals surface area contributed by atoms with Crippen molar-refractivity contribution in [2.24, 2.45) is 7.05 Å². The molecular formula is C14H15N3O. The van der Waals surface area contributed by atoms with E-state index in [0.717, 1.165) is 28.4 Å². The standard InChI is InChI=1S/C14H15N3O/c1-10-4-5-13(18-3)12(8-10)14-16-11(6-7-15)9-17(14)2/h4-5,8-9H,6H2,1-3H3. The number of hydrogen-bond donors (Lipinski definition) is 0. The summed E-state index contributed by atoms with van der Waals surface area (Å²) in [4.78, 5) is 4.48. The van der Waals surface area contributed by atoms with E-state index in [1.54, 1.807) is 7.11 Å². The molecule has 0 spiro atoms. The van der Waals surface area contributed by atoms with Crippen LogP contribution in [0.4, 0.5) is 0 Å². The number of methoxy groups -OCH3 is 1. The Labute approximate surface area is 106 Å². The molecular weight excluding hydrogens is 226 g/mol. The summed E-state index contributed by atoms with van der Waals surface area (Å²) in [5.74, 6) is 1.61. The predicted molar refractivity (Wildman–Crippen MR) is 69.3 cm³/mol. The molecule has 1 heterocycles. The maximum absolute atomic E-state index is 8.71. The number of nitrogens with zero attached hydrogens (tertiary/aromatic N) is 3. The number of aromatic nitrogens is 2. The first-order valence-corrected chi connectivity index (χ1v) is 5.70. The molecule has 0 unspecified atom stereocenters. The van der Waals surface area contributed by atoms with Crippen molar-refractivity contribution in [2.75, 3.05) is 7.11 Å². The molecule has 4 nitrogen and oxygen atoms in total. The number of nitriles is 1. The van der Waals surface area contributed by atoms with Crippen molar-refractivity contribution in [1.29, 1.82) is 5.26 Å². The Kier molecular flexibility index (Phi) is 3.33. The first kappa shape index (κ1) is 12.2. The Bertz CT molecular complexity index is 608. The number of benzene rings is 1. The van der Waals surface area contributed by atoms with E-state index in [0.29, 0.717) is 6.42 Å². The molecule has 92 valence electrons. The lowest BCUT2D eigenvalue weighted by Gasteiger charge is -2.09. The normalized spacial score (nSPS) is 10.1. The number of imidazole rings is 1. The monoisotopic (exact) mass is 241 g/mol. The third-order valence-electron chi connectivity index (χ3n) is 2.78. The number of rotatable bonds is 3. The smallest absolute Gasteiger partial charge is 0.143 e. The predicted octanol–water partition coefficient (Wildman–Crippen LogP) is 2.47. The largest absolute Gasteiger partial charge is 0.496 e. The van der Waals surface area contributed by atoms with Gasteiger partial charge in [-0.05, 0) is 19.1 Å². The van der Waals surface area contributed by atoms with Crippen molar-refractivity contribution < 1.29 is 4.74 Å². The fourth-order valence-corrected chi connectivity index (χ4v) is 1.94. The Morgan fingerprint density at radius 3 is 2.89 bits per heavy atom. The van der Waals surface area contributed by atoms with Gasteiger partial charge >= 0.3 is 0 Å². The maximum Gasteiger partial charge on any atom is 0.143 e. The zero-order chi connectivity index (χ0) is 13.1. The van der Waals surface area contributed by atoms with Crippen molar-refractivity contribution in [3.63, 3.8) is 0 Å². The van der Waals surface area contributed by atoms with Gasteiger partial charge in [0.2, 0.25) is 0 Å². The Hall–Kier alpha value is -2.28. The topological polar surface area (TPSA) is 50.8 Å². The minimum absolute atomic E-state index is 0.321. The summed E-state index contributed by atoms with van der Waals surface area (Å²) in [6.45, 7) is 2.03. The zero-order valence-electron chi connectivity index (χ0n) is 10.8. The number of ether oxygens (including phenoxy) is 1. The molecule has 0 fully saturated rings. The molecule has 0 atom stereocenters. The van der Waals surface area contributed by atoms with Crippen LogP contribution in [0, 0.1) is 18.3 Å². The van der Waals surface area contributed by atoms with Crippen LogP contribution in [0.5, 0.6) is 5.75 Å². The average Bonchev–Trinajstić information content (AvgIpc) is 2.70. The highest BCUT2D eigenvalue weighted by Crippen LogP contribution is 2.29. The average molecular weight is 241 g/mol. The molecule has 0 aliphatic heterocycles. The highest BCUT2D eigenvalue weighted by Gasteiger charge is 2.12. The quantitative estimate of drug-likeness (QED) is 0.829. The molecule has 1 aromatic heterocycles. The summed E-state index contributed by atoms with van der Waals surface area (Å²) in [5, 5.41) is 8.71. The molecule has 0 bridgehead atoms. The summed E-state index contributed by atoms with van der Waals surface area (Å²) < 4.78 is 7.28. The lowest BCUT2D eigenvalue weighted by molar-refractivity contribution is 0.416. The highest BCUT2D eigenvalue weighted by atomic mass is 16.5. The molecule has 2 rings (SSSR count). The summed E-state index contributed by atoms with van der Waals surface area (Å²) >= 11 is 0. The molecule has 0 radical (unpaired) electrons. The summed E-state index contributed by atoms with van der Waals surface area (Å²) in [5.41, 5.74) is 2.87. The third kappa shape index (κ3) is 2.21. The second-order valence-electron chi connectivity index (χ2n) is 4.21. The summed E-state index contributed by atoms with van der Waals surface area (Å²) in [6.07, 6.45) is 2.20. The van der Waals surface area contributed by atoms with Crippen molar-refractivity contribution in [2.45, 2.75) is 13.3 Å². The van der Waals surface area contributed by atoms with E-state index in [1.807, 2.05) is 42.9 Å². The maximum atomic E-state index is 8.71. The molecule has 2 aromatic rings. The van der Waals surface area contributed by atoms with Crippen LogP contribution in [0.1, 0.15) is 11.3 Å². The van der Waals surface area contributed by atoms with Gasteiger partial charge in [-0.15, -0.1) is 0 Å². The third-order valence-corrected chi connectivity index (χ3v) is 2.78. The van der Waals surface area contributed by atoms with E-state index in [9.17, 15) is 0 Å². The van der Waals surface area contributed by atoms with E-state index < -0.39 is 0 Å². The van der Waals surface area contributed by atoms with E-state index >= 15 is 0 Å². The summed E-state index contributed by atoms with van der Waals surface area (Å²) in [7, 11) is 3.57. The van der Waals surface area contributed by atoms with Crippen molar-refractivity contribution in [1.82, 2.24) is 9.55 Å². The van der Waals surface area contributed by atoms with Crippen LogP contribution in [0.3, 0.4) is 0 Å². The van der Waals surface area contributed by atoms with Gasteiger partial charge in [0.1, 0.15) is 11.6 Å². The molecule has 1 aromatic carbocycles. The van der Waals surface area contributed by atoms with Gasteiger partial charge in [-0.3, -0.25) is 0 Å². The minimum Gasteiger partial charge on any atom is -0.496 e. The second-order valence-corrected chi connectivity index (χ2v) is 4.21. The Morgan fingerprint density at radius 2 is 2.22 bits per heavy atom. The molecule has 0 aliphatic carbocycles. The molecule has 0 N–H and O–H groups in total. The Morgan fingerprint density at radius 1 is 1.44 bits per heavy atom. The van der Waals surface area contributed by atoms with Gasteiger partial charge in [-0.25, -0.2) is 4.98 Å². The molecule has 18 heavy (non-hydrogen) atoms. The van der Waals surface area contributed by atoms with Crippen LogP contribution in [-0.2, 0) is 13.5 Å². The highest BCUT2D eigenvalue weighted by molar-refractivity contribution is 5.66. The van der Waals surface area contributed by atoms with Gasteiger partial charge in [-0.2, -0.15) is 5.26 Å². The first-order valence-electron chi connectivity index (χ1n) is 5.70. The van der Waals surface area contributed by atoms with Crippen molar-refractivity contribution in [3.05, 3.63) is 35.7 Å². The van der Waals surface area contributed by atoms with E-state index in [4.69, 9.17) is 10.00 Å². The van der Waals surface area contributed by atoms with Gasteiger partial charge in [0.15, 0.2) is 0 Å². The Balaban J connectivity index is 2.54. The lowest BCUT2D eigenvalue weighted by atomic mass is 10.1. The van der Waals surface area contributed by atoms with Crippen molar-refractivity contribution >= 4 is 0 Å². The van der Waals surface area contributed by atoms with Crippen LogP contribution in [0.25, 0.3) is 11.4 Å². The van der Waals surface area contributed by atoms with Gasteiger partial charge in [0, 0.05) is 13.2 Å². The van der Waals surface area contributed by atoms with Crippen LogP contribution >= 0.6 is 0 Å². The van der Waals surface area contributed by atoms with Gasteiger partial charge in [0.25, 0.3) is 0 Å². The molecule has 0 aliphatic rings. The zero-order valence-corrected chi connectivity index (χ0v) is 10.8. The molecule has 0 saturated carbocycles. The fourth-order valence-electron chi connectivity index (χ4n) is 1.94. The first-order chi connectivity index (χ1) is 8.65. The van der Waals surface area contributed by atoms with Crippen LogP contribution in [-0.4, -0.2) is 16.7 Å². The number of hydrogen-bond acceptors (Lipinski definition) is 3. The lowest BCUT2D eigenvalue weighted by Crippen LogP contribution is -1.95. The van der Waals surface area contributed by atoms with Gasteiger partial charge in [0.05, 0.1) is 30.9 Å². The number of aryl methyl sites for hydroxylation is 2. The van der Waals surface area contributed by atoms with Gasteiger partial charge in [-0.1, -0.05) is 11.6 Å². The minimum atomic E-state index is 0.321. The van der Waals surface area contributed by atoms with Gasteiger partial charge < -0.3 is 9.30 Å². The van der Waals surface area contributed by atoms with Crippen LogP contribution < -0.4 is 4.74 Å². The van der Waals surface area contributed by atoms with E-state index in [2.05, 4.69) is 11.1 Å². The van der Waals surface area contributed by atoms with Crippen LogP contribution in [0.2, 0.25) is 0 Å². The summed E-state index contributed by atoms with van der Waals surface area (Å²) in [6, 6.07) is 8.08. The SMILES string of the molecule is COc1ccc(C)cc1-c1nc(CC#N)cn1C.